The molecule has 3 heterocycles. The molecule has 0 saturated carbocycles. The minimum atomic E-state index is -3.19. The summed E-state index contributed by atoms with van der Waals surface area (Å²) in [6, 6.07) is 0. The molecule has 24 heavy (non-hydrogen) atoms. The van der Waals surface area contributed by atoms with E-state index in [1.165, 1.54) is 28.7 Å². The van der Waals surface area contributed by atoms with Crippen molar-refractivity contribution < 1.29 is 13.2 Å². The van der Waals surface area contributed by atoms with E-state index < -0.39 is 10.0 Å². The zero-order valence-corrected chi connectivity index (χ0v) is 15.0. The number of carbonyl (C=O) groups excluding carboxylic acids is 1. The third kappa shape index (κ3) is 3.52. The van der Waals surface area contributed by atoms with Gasteiger partial charge in [-0.1, -0.05) is 11.8 Å². The van der Waals surface area contributed by atoms with Crippen molar-refractivity contribution in [2.45, 2.75) is 5.03 Å². The molecule has 0 aromatic carbocycles. The minimum Gasteiger partial charge on any atom is -0.339 e. The van der Waals surface area contributed by atoms with Gasteiger partial charge in [0.05, 0.1) is 23.6 Å². The van der Waals surface area contributed by atoms with E-state index >= 15 is 0 Å². The number of thioether (sulfide) groups is 1. The largest absolute Gasteiger partial charge is 0.339 e. The quantitative estimate of drug-likeness (QED) is 0.531. The third-order valence-corrected chi connectivity index (χ3v) is 6.18. The average Bonchev–Trinajstić information content (AvgIpc) is 2.94. The highest BCUT2D eigenvalue weighted by Gasteiger charge is 2.26. The fourth-order valence-corrected chi connectivity index (χ4v) is 4.24. The van der Waals surface area contributed by atoms with E-state index in [1.54, 1.807) is 22.8 Å². The van der Waals surface area contributed by atoms with E-state index in [1.807, 2.05) is 0 Å². The van der Waals surface area contributed by atoms with Gasteiger partial charge >= 0.3 is 0 Å². The summed E-state index contributed by atoms with van der Waals surface area (Å²) in [4.78, 5) is 22.4. The minimum absolute atomic E-state index is 0.0243. The summed E-state index contributed by atoms with van der Waals surface area (Å²) in [5.74, 6) is 0.226. The van der Waals surface area contributed by atoms with Crippen LogP contribution in [0.5, 0.6) is 0 Å². The van der Waals surface area contributed by atoms with Crippen LogP contribution in [-0.2, 0) is 21.9 Å². The molecule has 1 fully saturated rings. The van der Waals surface area contributed by atoms with Gasteiger partial charge in [-0.05, 0) is 0 Å². The Labute approximate surface area is 144 Å². The van der Waals surface area contributed by atoms with Crippen molar-refractivity contribution in [3.05, 3.63) is 12.5 Å². The van der Waals surface area contributed by atoms with E-state index in [0.29, 0.717) is 26.2 Å². The lowest BCUT2D eigenvalue weighted by Crippen LogP contribution is -2.50. The maximum Gasteiger partial charge on any atom is 0.233 e. The average molecular weight is 370 g/mol. The second-order valence-electron chi connectivity index (χ2n) is 5.52. The van der Waals surface area contributed by atoms with Crippen molar-refractivity contribution in [3.63, 3.8) is 0 Å². The Bertz CT molecular complexity index is 858. The van der Waals surface area contributed by atoms with Gasteiger partial charge < -0.3 is 4.90 Å². The number of amides is 1. The lowest BCUT2D eigenvalue weighted by atomic mass is 10.3. The van der Waals surface area contributed by atoms with Crippen LogP contribution in [0.1, 0.15) is 0 Å². The number of aromatic nitrogens is 4. The van der Waals surface area contributed by atoms with Crippen LogP contribution in [0.2, 0.25) is 0 Å². The van der Waals surface area contributed by atoms with Crippen molar-refractivity contribution in [3.8, 4) is 0 Å². The molecule has 0 spiro atoms. The zero-order chi connectivity index (χ0) is 17.3. The predicted molar refractivity (Wildman–Crippen MR) is 90.0 cm³/mol. The molecular formula is C13H18N6O3S2. The van der Waals surface area contributed by atoms with Crippen LogP contribution in [0.3, 0.4) is 0 Å². The van der Waals surface area contributed by atoms with E-state index in [0.717, 1.165) is 16.1 Å². The Morgan fingerprint density at radius 1 is 1.25 bits per heavy atom. The summed E-state index contributed by atoms with van der Waals surface area (Å²) in [6.45, 7) is 1.52. The van der Waals surface area contributed by atoms with Crippen molar-refractivity contribution in [1.82, 2.24) is 29.0 Å². The van der Waals surface area contributed by atoms with Crippen LogP contribution < -0.4 is 0 Å². The monoisotopic (exact) mass is 370 g/mol. The van der Waals surface area contributed by atoms with Gasteiger partial charge in [-0.15, -0.1) is 0 Å². The Morgan fingerprint density at radius 2 is 1.96 bits per heavy atom. The number of fused-ring (bicyclic) bond motifs is 1. The molecule has 1 aliphatic heterocycles. The van der Waals surface area contributed by atoms with Gasteiger partial charge in [0.15, 0.2) is 5.65 Å². The number of aryl methyl sites for hydroxylation is 1. The van der Waals surface area contributed by atoms with E-state index in [9.17, 15) is 13.2 Å². The first-order chi connectivity index (χ1) is 11.4. The van der Waals surface area contributed by atoms with Crippen LogP contribution in [0, 0.1) is 0 Å². The van der Waals surface area contributed by atoms with Crippen molar-refractivity contribution in [2.75, 3.05) is 38.2 Å². The molecule has 2 aromatic rings. The van der Waals surface area contributed by atoms with Crippen molar-refractivity contribution in [2.24, 2.45) is 7.05 Å². The SMILES string of the molecule is Cn1ncc2c(SCC(=O)N3CCN(S(C)(=O)=O)CC3)ncnc21. The molecule has 3 rings (SSSR count). The van der Waals surface area contributed by atoms with Crippen molar-refractivity contribution in [1.29, 1.82) is 0 Å². The summed E-state index contributed by atoms with van der Waals surface area (Å²) < 4.78 is 26.0. The molecule has 1 saturated heterocycles. The Morgan fingerprint density at radius 3 is 2.62 bits per heavy atom. The molecule has 0 aliphatic carbocycles. The summed E-state index contributed by atoms with van der Waals surface area (Å²) in [7, 11) is -1.39. The number of piperazine rings is 1. The smallest absolute Gasteiger partial charge is 0.233 e. The maximum atomic E-state index is 12.3. The summed E-state index contributed by atoms with van der Waals surface area (Å²) in [6.07, 6.45) is 4.34. The second kappa shape index (κ2) is 6.65. The van der Waals surface area contributed by atoms with Gasteiger partial charge in [0.2, 0.25) is 15.9 Å². The Hall–Kier alpha value is -1.72. The maximum absolute atomic E-state index is 12.3. The molecule has 1 aliphatic rings. The molecule has 2 aromatic heterocycles. The Kier molecular flexibility index (Phi) is 4.74. The Balaban J connectivity index is 1.60. The van der Waals surface area contributed by atoms with Crippen LogP contribution in [-0.4, -0.2) is 81.5 Å². The van der Waals surface area contributed by atoms with Crippen LogP contribution in [0.4, 0.5) is 0 Å². The number of sulfonamides is 1. The van der Waals surface area contributed by atoms with Gasteiger partial charge in [0, 0.05) is 33.2 Å². The molecule has 1 amide bonds. The fourth-order valence-electron chi connectivity index (χ4n) is 2.55. The molecule has 0 atom stereocenters. The van der Waals surface area contributed by atoms with Crippen LogP contribution in [0.25, 0.3) is 11.0 Å². The zero-order valence-electron chi connectivity index (χ0n) is 13.4. The molecule has 0 N–H and O–H groups in total. The number of nitrogens with zero attached hydrogens (tertiary/aromatic N) is 6. The lowest BCUT2D eigenvalue weighted by Gasteiger charge is -2.33. The van der Waals surface area contributed by atoms with E-state index in [2.05, 4.69) is 15.1 Å². The number of carbonyl (C=O) groups is 1. The number of hydrogen-bond donors (Lipinski definition) is 0. The summed E-state index contributed by atoms with van der Waals surface area (Å²) in [5, 5.41) is 5.69. The highest BCUT2D eigenvalue weighted by atomic mass is 32.2. The molecular weight excluding hydrogens is 352 g/mol. The summed E-state index contributed by atoms with van der Waals surface area (Å²) in [5.41, 5.74) is 0.724. The molecule has 11 heteroatoms. The predicted octanol–water partition coefficient (Wildman–Crippen LogP) is -0.441. The van der Waals surface area contributed by atoms with E-state index in [-0.39, 0.29) is 11.7 Å². The van der Waals surface area contributed by atoms with Gasteiger partial charge in [-0.3, -0.25) is 9.48 Å². The second-order valence-corrected chi connectivity index (χ2v) is 8.46. The molecule has 130 valence electrons. The number of hydrogen-bond acceptors (Lipinski definition) is 7. The first-order valence-electron chi connectivity index (χ1n) is 7.34. The van der Waals surface area contributed by atoms with Crippen molar-refractivity contribution >= 4 is 38.7 Å². The lowest BCUT2D eigenvalue weighted by molar-refractivity contribution is -0.129. The number of rotatable bonds is 4. The molecule has 0 unspecified atom stereocenters. The van der Waals surface area contributed by atoms with Gasteiger partial charge in [0.1, 0.15) is 11.4 Å². The normalized spacial score (nSPS) is 16.7. The first kappa shape index (κ1) is 17.1. The third-order valence-electron chi connectivity index (χ3n) is 3.89. The fraction of sp³-hybridized carbons (Fsp3) is 0.538. The molecule has 0 radical (unpaired) electrons. The standard InChI is InChI=1S/C13H18N6O3S2/c1-17-12-10(7-16-17)13(15-9-14-12)23-8-11(20)18-3-5-19(6-4-18)24(2,21)22/h7,9H,3-6,8H2,1-2H3. The first-order valence-corrected chi connectivity index (χ1v) is 10.2. The van der Waals surface area contributed by atoms with Gasteiger partial charge in [-0.25, -0.2) is 18.4 Å². The molecule has 9 nitrogen and oxygen atoms in total. The van der Waals surface area contributed by atoms with Gasteiger partial charge in [-0.2, -0.15) is 9.40 Å². The highest BCUT2D eigenvalue weighted by molar-refractivity contribution is 8.00. The van der Waals surface area contributed by atoms with E-state index in [4.69, 9.17) is 0 Å². The van der Waals surface area contributed by atoms with Crippen LogP contribution >= 0.6 is 11.8 Å². The van der Waals surface area contributed by atoms with Crippen LogP contribution in [0.15, 0.2) is 17.6 Å². The topological polar surface area (TPSA) is 101 Å². The highest BCUT2D eigenvalue weighted by Crippen LogP contribution is 2.24. The van der Waals surface area contributed by atoms with Gasteiger partial charge in [0.25, 0.3) is 0 Å². The molecule has 0 bridgehead atoms. The summed E-state index contributed by atoms with van der Waals surface area (Å²) >= 11 is 1.34.